The zero-order valence-corrected chi connectivity index (χ0v) is 13.0. The van der Waals surface area contributed by atoms with Gasteiger partial charge in [-0.2, -0.15) is 26.3 Å². The number of halogens is 6. The Balaban J connectivity index is 2.27. The SMILES string of the molecule is CCN1CC(C(=O)Nc2cc(C(F)(F)F)cc(C(F)(F)F)c2)CC1=O. The predicted octanol–water partition coefficient (Wildman–Crippen LogP) is 3.53. The molecule has 4 nitrogen and oxygen atoms in total. The second kappa shape index (κ2) is 6.57. The standard InChI is InChI=1S/C15H14F6N2O2/c1-2-23-7-8(3-12(23)24)13(25)22-11-5-9(14(16,17)18)4-10(6-11)15(19,20)21/h4-6,8H,2-3,7H2,1H3,(H,22,25). The molecule has 0 aliphatic carbocycles. The number of nitrogens with zero attached hydrogens (tertiary/aromatic N) is 1. The molecule has 1 aliphatic rings. The average molecular weight is 368 g/mol. The summed E-state index contributed by atoms with van der Waals surface area (Å²) in [6, 6.07) is 0.844. The van der Waals surface area contributed by atoms with E-state index in [0.717, 1.165) is 0 Å². The van der Waals surface area contributed by atoms with Gasteiger partial charge in [-0.15, -0.1) is 0 Å². The second-order valence-corrected chi connectivity index (χ2v) is 5.62. The van der Waals surface area contributed by atoms with Crippen LogP contribution < -0.4 is 5.32 Å². The van der Waals surface area contributed by atoms with Crippen LogP contribution in [-0.4, -0.2) is 29.8 Å². The maximum atomic E-state index is 12.8. The van der Waals surface area contributed by atoms with Crippen LogP contribution in [0.5, 0.6) is 0 Å². The van der Waals surface area contributed by atoms with Gasteiger partial charge in [0.25, 0.3) is 0 Å². The van der Waals surface area contributed by atoms with Crippen molar-refractivity contribution in [2.45, 2.75) is 25.7 Å². The highest BCUT2D eigenvalue weighted by molar-refractivity contribution is 5.97. The van der Waals surface area contributed by atoms with Gasteiger partial charge in [-0.25, -0.2) is 0 Å². The summed E-state index contributed by atoms with van der Waals surface area (Å²) in [4.78, 5) is 25.1. The molecule has 1 atom stereocenters. The molecule has 1 fully saturated rings. The Morgan fingerprint density at radius 3 is 2.04 bits per heavy atom. The summed E-state index contributed by atoms with van der Waals surface area (Å²) in [5.74, 6) is -1.91. The lowest BCUT2D eigenvalue weighted by Crippen LogP contribution is -2.28. The molecule has 1 aromatic carbocycles. The molecule has 2 rings (SSSR count). The van der Waals surface area contributed by atoms with E-state index in [9.17, 15) is 35.9 Å². The van der Waals surface area contributed by atoms with E-state index >= 15 is 0 Å². The van der Waals surface area contributed by atoms with Crippen LogP contribution in [0.15, 0.2) is 18.2 Å². The molecule has 0 aromatic heterocycles. The Kier molecular flexibility index (Phi) is 5.01. The van der Waals surface area contributed by atoms with Crippen LogP contribution in [0.3, 0.4) is 0 Å². The highest BCUT2D eigenvalue weighted by Gasteiger charge is 2.38. The highest BCUT2D eigenvalue weighted by atomic mass is 19.4. The van der Waals surface area contributed by atoms with E-state index in [1.807, 2.05) is 0 Å². The molecule has 1 unspecified atom stereocenters. The van der Waals surface area contributed by atoms with E-state index in [4.69, 9.17) is 0 Å². The molecular weight excluding hydrogens is 354 g/mol. The first-order valence-electron chi connectivity index (χ1n) is 7.30. The first kappa shape index (κ1) is 19.1. The number of carbonyl (C=O) groups excluding carboxylic acids is 2. The molecule has 2 amide bonds. The number of hydrogen-bond acceptors (Lipinski definition) is 2. The topological polar surface area (TPSA) is 49.4 Å². The predicted molar refractivity (Wildman–Crippen MR) is 75.4 cm³/mol. The minimum absolute atomic E-state index is 0.0203. The molecule has 0 bridgehead atoms. The van der Waals surface area contributed by atoms with E-state index in [-0.39, 0.29) is 24.9 Å². The van der Waals surface area contributed by atoms with Crippen molar-refractivity contribution in [1.29, 1.82) is 0 Å². The monoisotopic (exact) mass is 368 g/mol. The Morgan fingerprint density at radius 1 is 1.12 bits per heavy atom. The number of amides is 2. The minimum Gasteiger partial charge on any atom is -0.342 e. The van der Waals surface area contributed by atoms with Gasteiger partial charge < -0.3 is 10.2 Å². The second-order valence-electron chi connectivity index (χ2n) is 5.62. The van der Waals surface area contributed by atoms with Crippen LogP contribution in [-0.2, 0) is 21.9 Å². The van der Waals surface area contributed by atoms with Crippen LogP contribution >= 0.6 is 0 Å². The number of hydrogen-bond donors (Lipinski definition) is 1. The summed E-state index contributed by atoms with van der Waals surface area (Å²) < 4.78 is 76.7. The minimum atomic E-state index is -5.00. The summed E-state index contributed by atoms with van der Waals surface area (Å²) >= 11 is 0. The molecule has 138 valence electrons. The van der Waals surface area contributed by atoms with Gasteiger partial charge in [0.1, 0.15) is 0 Å². The van der Waals surface area contributed by atoms with E-state index in [2.05, 4.69) is 5.32 Å². The fraction of sp³-hybridized carbons (Fsp3) is 0.467. The van der Waals surface area contributed by atoms with E-state index in [1.54, 1.807) is 6.92 Å². The van der Waals surface area contributed by atoms with Gasteiger partial charge in [-0.1, -0.05) is 0 Å². The molecule has 1 aromatic rings. The van der Waals surface area contributed by atoms with Crippen molar-refractivity contribution >= 4 is 17.5 Å². The van der Waals surface area contributed by atoms with Gasteiger partial charge in [-0.05, 0) is 25.1 Å². The number of carbonyl (C=O) groups is 2. The van der Waals surface area contributed by atoms with E-state index < -0.39 is 41.0 Å². The molecule has 1 aliphatic heterocycles. The first-order valence-corrected chi connectivity index (χ1v) is 7.30. The normalized spacial score (nSPS) is 18.6. The number of likely N-dealkylation sites (tertiary alicyclic amines) is 1. The van der Waals surface area contributed by atoms with Crippen molar-refractivity contribution in [3.63, 3.8) is 0 Å². The van der Waals surface area contributed by atoms with Crippen molar-refractivity contribution in [2.75, 3.05) is 18.4 Å². The van der Waals surface area contributed by atoms with Crippen molar-refractivity contribution < 1.29 is 35.9 Å². The smallest absolute Gasteiger partial charge is 0.342 e. The van der Waals surface area contributed by atoms with Gasteiger partial charge in [0.15, 0.2) is 0 Å². The summed E-state index contributed by atoms with van der Waals surface area (Å²) in [7, 11) is 0. The molecule has 1 saturated heterocycles. The molecule has 1 heterocycles. The number of alkyl halides is 6. The van der Waals surface area contributed by atoms with Crippen molar-refractivity contribution in [3.05, 3.63) is 29.3 Å². The third kappa shape index (κ3) is 4.43. The molecular formula is C15H14F6N2O2. The number of benzene rings is 1. The lowest BCUT2D eigenvalue weighted by atomic mass is 10.1. The molecule has 0 saturated carbocycles. The fourth-order valence-corrected chi connectivity index (χ4v) is 2.52. The highest BCUT2D eigenvalue weighted by Crippen LogP contribution is 2.37. The van der Waals surface area contributed by atoms with Gasteiger partial charge in [0.05, 0.1) is 17.0 Å². The summed E-state index contributed by atoms with van der Waals surface area (Å²) in [5.41, 5.74) is -3.65. The van der Waals surface area contributed by atoms with E-state index in [1.165, 1.54) is 4.90 Å². The zero-order valence-electron chi connectivity index (χ0n) is 13.0. The first-order chi connectivity index (χ1) is 11.4. The number of nitrogens with one attached hydrogen (secondary N) is 1. The van der Waals surface area contributed by atoms with Gasteiger partial charge in [0.2, 0.25) is 11.8 Å². The zero-order chi connectivity index (χ0) is 19.0. The lowest BCUT2D eigenvalue weighted by Gasteiger charge is -2.16. The summed E-state index contributed by atoms with van der Waals surface area (Å²) in [5, 5.41) is 2.06. The molecule has 0 spiro atoms. The number of rotatable bonds is 3. The van der Waals surface area contributed by atoms with Crippen molar-refractivity contribution in [2.24, 2.45) is 5.92 Å². The molecule has 10 heteroatoms. The quantitative estimate of drug-likeness (QED) is 0.830. The van der Waals surface area contributed by atoms with Gasteiger partial charge in [-0.3, -0.25) is 9.59 Å². The Morgan fingerprint density at radius 2 is 1.64 bits per heavy atom. The Hall–Kier alpha value is -2.26. The third-order valence-electron chi connectivity index (χ3n) is 3.82. The molecule has 0 radical (unpaired) electrons. The number of anilines is 1. The third-order valence-corrected chi connectivity index (χ3v) is 3.82. The van der Waals surface area contributed by atoms with Crippen LogP contribution in [0, 0.1) is 5.92 Å². The Labute approximate surface area is 138 Å². The molecule has 1 N–H and O–H groups in total. The maximum absolute atomic E-state index is 12.8. The summed E-state index contributed by atoms with van der Waals surface area (Å²) in [6.07, 6.45) is -10.1. The van der Waals surface area contributed by atoms with Crippen molar-refractivity contribution in [1.82, 2.24) is 4.90 Å². The van der Waals surface area contributed by atoms with Crippen molar-refractivity contribution in [3.8, 4) is 0 Å². The molecule has 25 heavy (non-hydrogen) atoms. The summed E-state index contributed by atoms with van der Waals surface area (Å²) in [6.45, 7) is 2.14. The van der Waals surface area contributed by atoms with Gasteiger partial charge in [0, 0.05) is 25.2 Å². The Bertz CT molecular complexity index is 651. The maximum Gasteiger partial charge on any atom is 0.416 e. The van der Waals surface area contributed by atoms with Crippen LogP contribution in [0.1, 0.15) is 24.5 Å². The largest absolute Gasteiger partial charge is 0.416 e. The van der Waals surface area contributed by atoms with E-state index in [0.29, 0.717) is 18.7 Å². The van der Waals surface area contributed by atoms with Crippen LogP contribution in [0.2, 0.25) is 0 Å². The average Bonchev–Trinajstić information content (AvgIpc) is 2.86. The van der Waals surface area contributed by atoms with Gasteiger partial charge >= 0.3 is 12.4 Å². The fourth-order valence-electron chi connectivity index (χ4n) is 2.52. The van der Waals surface area contributed by atoms with Crippen LogP contribution in [0.4, 0.5) is 32.0 Å². The van der Waals surface area contributed by atoms with Crippen LogP contribution in [0.25, 0.3) is 0 Å². The lowest BCUT2D eigenvalue weighted by molar-refractivity contribution is -0.143.